The van der Waals surface area contributed by atoms with E-state index in [4.69, 9.17) is 11.6 Å². The SMILES string of the molecule is CC1CC(C)CC(C(O)Cc2c(F)cccc2Cl)C1. The van der Waals surface area contributed by atoms with E-state index >= 15 is 0 Å². The zero-order valence-corrected chi connectivity index (χ0v) is 12.3. The molecule has 0 amide bonds. The van der Waals surface area contributed by atoms with Crippen LogP contribution in [0.3, 0.4) is 0 Å². The number of benzene rings is 1. The van der Waals surface area contributed by atoms with Gasteiger partial charge in [-0.15, -0.1) is 0 Å². The van der Waals surface area contributed by atoms with Crippen molar-refractivity contribution in [2.45, 2.75) is 45.6 Å². The molecule has 19 heavy (non-hydrogen) atoms. The summed E-state index contributed by atoms with van der Waals surface area (Å²) in [6, 6.07) is 4.68. The number of hydrogen-bond acceptors (Lipinski definition) is 1. The number of rotatable bonds is 3. The standard InChI is InChI=1S/C16H22ClFO/c1-10-6-11(2)8-12(7-10)16(19)9-13-14(17)4-3-5-15(13)18/h3-5,10-12,16,19H,6-9H2,1-2H3. The molecule has 2 rings (SSSR count). The maximum absolute atomic E-state index is 13.7. The van der Waals surface area contributed by atoms with E-state index in [9.17, 15) is 9.50 Å². The molecule has 0 bridgehead atoms. The molecule has 1 nitrogen and oxygen atoms in total. The smallest absolute Gasteiger partial charge is 0.127 e. The van der Waals surface area contributed by atoms with Gasteiger partial charge in [0.05, 0.1) is 6.10 Å². The summed E-state index contributed by atoms with van der Waals surface area (Å²) in [5.41, 5.74) is 0.447. The van der Waals surface area contributed by atoms with Gasteiger partial charge in [-0.05, 0) is 49.1 Å². The Kier molecular flexibility index (Phi) is 4.86. The van der Waals surface area contributed by atoms with Crippen molar-refractivity contribution in [1.29, 1.82) is 0 Å². The van der Waals surface area contributed by atoms with Gasteiger partial charge in [0.15, 0.2) is 0 Å². The van der Waals surface area contributed by atoms with Crippen LogP contribution in [0, 0.1) is 23.6 Å². The van der Waals surface area contributed by atoms with E-state index in [1.54, 1.807) is 12.1 Å². The van der Waals surface area contributed by atoms with Crippen LogP contribution < -0.4 is 0 Å². The van der Waals surface area contributed by atoms with Gasteiger partial charge in [-0.2, -0.15) is 0 Å². The highest BCUT2D eigenvalue weighted by Crippen LogP contribution is 2.36. The molecule has 1 aliphatic rings. The predicted molar refractivity (Wildman–Crippen MR) is 76.8 cm³/mol. The Balaban J connectivity index is 2.06. The molecule has 106 valence electrons. The first-order valence-corrected chi connectivity index (χ1v) is 7.46. The van der Waals surface area contributed by atoms with Crippen molar-refractivity contribution < 1.29 is 9.50 Å². The van der Waals surface area contributed by atoms with Crippen LogP contribution in [0.25, 0.3) is 0 Å². The molecule has 1 aromatic rings. The summed E-state index contributed by atoms with van der Waals surface area (Å²) >= 11 is 6.02. The fourth-order valence-corrected chi connectivity index (χ4v) is 3.67. The maximum atomic E-state index is 13.7. The van der Waals surface area contributed by atoms with Gasteiger partial charge in [-0.25, -0.2) is 4.39 Å². The van der Waals surface area contributed by atoms with Crippen LogP contribution >= 0.6 is 11.6 Å². The molecule has 0 radical (unpaired) electrons. The lowest BCUT2D eigenvalue weighted by atomic mass is 9.73. The van der Waals surface area contributed by atoms with Crippen molar-refractivity contribution >= 4 is 11.6 Å². The molecule has 3 atom stereocenters. The predicted octanol–water partition coefficient (Wildman–Crippen LogP) is 4.45. The van der Waals surface area contributed by atoms with Crippen LogP contribution in [0.5, 0.6) is 0 Å². The minimum atomic E-state index is -0.500. The van der Waals surface area contributed by atoms with Crippen molar-refractivity contribution in [3.8, 4) is 0 Å². The molecule has 0 spiro atoms. The van der Waals surface area contributed by atoms with Crippen LogP contribution in [0.4, 0.5) is 4.39 Å². The molecule has 1 N–H and O–H groups in total. The minimum absolute atomic E-state index is 0.259. The monoisotopic (exact) mass is 284 g/mol. The average Bonchev–Trinajstić information content (AvgIpc) is 2.32. The molecular formula is C16H22ClFO. The number of aliphatic hydroxyl groups is 1. The molecular weight excluding hydrogens is 263 g/mol. The van der Waals surface area contributed by atoms with Gasteiger partial charge >= 0.3 is 0 Å². The number of halogens is 2. The molecule has 1 aliphatic carbocycles. The summed E-state index contributed by atoms with van der Waals surface area (Å²) in [5.74, 6) is 1.22. The third-order valence-electron chi connectivity index (χ3n) is 4.23. The third kappa shape index (κ3) is 3.70. The zero-order valence-electron chi connectivity index (χ0n) is 11.6. The van der Waals surface area contributed by atoms with Crippen LogP contribution in [-0.2, 0) is 6.42 Å². The fourth-order valence-electron chi connectivity index (χ4n) is 3.43. The lowest BCUT2D eigenvalue weighted by molar-refractivity contribution is 0.0555. The number of aliphatic hydroxyl groups excluding tert-OH is 1. The van der Waals surface area contributed by atoms with Crippen LogP contribution in [-0.4, -0.2) is 11.2 Å². The lowest BCUT2D eigenvalue weighted by Crippen LogP contribution is -2.31. The van der Waals surface area contributed by atoms with E-state index in [2.05, 4.69) is 13.8 Å². The van der Waals surface area contributed by atoms with Gasteiger partial charge in [0, 0.05) is 17.0 Å². The molecule has 1 saturated carbocycles. The Hall–Kier alpha value is -0.600. The highest BCUT2D eigenvalue weighted by Gasteiger charge is 2.29. The molecule has 3 heteroatoms. The Morgan fingerprint density at radius 2 is 1.89 bits per heavy atom. The van der Waals surface area contributed by atoms with Gasteiger partial charge in [0.25, 0.3) is 0 Å². The highest BCUT2D eigenvalue weighted by atomic mass is 35.5. The maximum Gasteiger partial charge on any atom is 0.127 e. The van der Waals surface area contributed by atoms with E-state index in [1.165, 1.54) is 12.5 Å². The van der Waals surface area contributed by atoms with E-state index in [0.717, 1.165) is 12.8 Å². The summed E-state index contributed by atoms with van der Waals surface area (Å²) in [6.07, 6.45) is 3.09. The molecule has 1 aromatic carbocycles. The second kappa shape index (κ2) is 6.23. The summed E-state index contributed by atoms with van der Waals surface area (Å²) < 4.78 is 13.7. The van der Waals surface area contributed by atoms with Gasteiger partial charge in [0.1, 0.15) is 5.82 Å². The van der Waals surface area contributed by atoms with E-state index < -0.39 is 6.10 Å². The van der Waals surface area contributed by atoms with Gasteiger partial charge in [-0.1, -0.05) is 31.5 Å². The summed E-state index contributed by atoms with van der Waals surface area (Å²) in [5, 5.41) is 10.8. The van der Waals surface area contributed by atoms with Crippen molar-refractivity contribution in [2.75, 3.05) is 0 Å². The van der Waals surface area contributed by atoms with Crippen LogP contribution in [0.1, 0.15) is 38.7 Å². The van der Waals surface area contributed by atoms with Gasteiger partial charge < -0.3 is 5.11 Å². The molecule has 0 heterocycles. The van der Waals surface area contributed by atoms with Crippen molar-refractivity contribution in [1.82, 2.24) is 0 Å². The largest absolute Gasteiger partial charge is 0.392 e. The van der Waals surface area contributed by atoms with Gasteiger partial charge in [-0.3, -0.25) is 0 Å². The Morgan fingerprint density at radius 3 is 2.47 bits per heavy atom. The van der Waals surface area contributed by atoms with E-state index in [0.29, 0.717) is 28.8 Å². The molecule has 1 fully saturated rings. The first-order valence-electron chi connectivity index (χ1n) is 7.08. The van der Waals surface area contributed by atoms with Crippen LogP contribution in [0.2, 0.25) is 5.02 Å². The summed E-state index contributed by atoms with van der Waals surface area (Å²) in [6.45, 7) is 4.46. The van der Waals surface area contributed by atoms with E-state index in [-0.39, 0.29) is 11.7 Å². The summed E-state index contributed by atoms with van der Waals surface area (Å²) in [7, 11) is 0. The van der Waals surface area contributed by atoms with E-state index in [1.807, 2.05) is 0 Å². The van der Waals surface area contributed by atoms with Gasteiger partial charge in [0.2, 0.25) is 0 Å². The highest BCUT2D eigenvalue weighted by molar-refractivity contribution is 6.31. The lowest BCUT2D eigenvalue weighted by Gasteiger charge is -2.34. The number of hydrogen-bond donors (Lipinski definition) is 1. The topological polar surface area (TPSA) is 20.2 Å². The quantitative estimate of drug-likeness (QED) is 0.869. The first-order chi connectivity index (χ1) is 8.97. The first kappa shape index (κ1) is 14.8. The van der Waals surface area contributed by atoms with Crippen molar-refractivity contribution in [3.05, 3.63) is 34.6 Å². The Bertz CT molecular complexity index is 405. The van der Waals surface area contributed by atoms with Crippen LogP contribution in [0.15, 0.2) is 18.2 Å². The van der Waals surface area contributed by atoms with Crippen molar-refractivity contribution in [2.24, 2.45) is 17.8 Å². The normalized spacial score (nSPS) is 29.2. The molecule has 3 unspecified atom stereocenters. The second-order valence-electron chi connectivity index (χ2n) is 6.15. The Morgan fingerprint density at radius 1 is 1.26 bits per heavy atom. The molecule has 0 aromatic heterocycles. The fraction of sp³-hybridized carbons (Fsp3) is 0.625. The Labute approximate surface area is 119 Å². The molecule has 0 saturated heterocycles. The summed E-state index contributed by atoms with van der Waals surface area (Å²) in [4.78, 5) is 0. The second-order valence-corrected chi connectivity index (χ2v) is 6.56. The third-order valence-corrected chi connectivity index (χ3v) is 4.59. The average molecular weight is 285 g/mol. The molecule has 0 aliphatic heterocycles. The zero-order chi connectivity index (χ0) is 14.0. The minimum Gasteiger partial charge on any atom is -0.392 e. The van der Waals surface area contributed by atoms with Crippen molar-refractivity contribution in [3.63, 3.8) is 0 Å².